The van der Waals surface area contributed by atoms with E-state index in [1.54, 1.807) is 34.0 Å². The fourth-order valence-electron chi connectivity index (χ4n) is 5.02. The molecule has 1 fully saturated rings. The maximum absolute atomic E-state index is 13.1. The Hall–Kier alpha value is -5.04. The number of fused-ring (bicyclic) bond motifs is 1. The molecule has 1 aliphatic rings. The Labute approximate surface area is 225 Å². The number of hydrogen-bond donors (Lipinski definition) is 0. The van der Waals surface area contributed by atoms with Crippen LogP contribution in [0.3, 0.4) is 0 Å². The van der Waals surface area contributed by atoms with Gasteiger partial charge in [0.15, 0.2) is 0 Å². The zero-order valence-corrected chi connectivity index (χ0v) is 21.8. The van der Waals surface area contributed by atoms with Crippen LogP contribution in [0.2, 0.25) is 0 Å². The number of nitriles is 1. The summed E-state index contributed by atoms with van der Waals surface area (Å²) >= 11 is 0. The number of amides is 1. The molecular formula is C29H27N9O. The first-order valence-corrected chi connectivity index (χ1v) is 12.8. The van der Waals surface area contributed by atoms with Gasteiger partial charge < -0.3 is 9.80 Å². The Morgan fingerprint density at radius 2 is 1.74 bits per heavy atom. The van der Waals surface area contributed by atoms with Crippen LogP contribution < -0.4 is 4.90 Å². The highest BCUT2D eigenvalue weighted by molar-refractivity contribution is 5.84. The summed E-state index contributed by atoms with van der Waals surface area (Å²) in [6.45, 7) is 4.68. The third kappa shape index (κ3) is 4.59. The largest absolute Gasteiger partial charge is 0.353 e. The number of aromatic nitrogens is 6. The van der Waals surface area contributed by atoms with Crippen molar-refractivity contribution >= 4 is 17.2 Å². The van der Waals surface area contributed by atoms with Crippen LogP contribution in [-0.2, 0) is 11.8 Å². The summed E-state index contributed by atoms with van der Waals surface area (Å²) in [6.07, 6.45) is 8.78. The van der Waals surface area contributed by atoms with Crippen LogP contribution in [0.15, 0.2) is 73.4 Å². The molecule has 194 valence electrons. The Bertz CT molecular complexity index is 1670. The average Bonchev–Trinajstić information content (AvgIpc) is 3.62. The Balaban J connectivity index is 1.22. The zero-order chi connectivity index (χ0) is 26.9. The van der Waals surface area contributed by atoms with Crippen molar-refractivity contribution in [2.45, 2.75) is 12.8 Å². The number of benzene rings is 1. The van der Waals surface area contributed by atoms with Crippen LogP contribution in [0.25, 0.3) is 28.0 Å². The van der Waals surface area contributed by atoms with E-state index in [0.717, 1.165) is 22.5 Å². The molecule has 0 aliphatic carbocycles. The van der Waals surface area contributed by atoms with E-state index in [4.69, 9.17) is 9.97 Å². The molecule has 0 radical (unpaired) electrons. The highest BCUT2D eigenvalue weighted by Crippen LogP contribution is 2.29. The van der Waals surface area contributed by atoms with Gasteiger partial charge in [-0.1, -0.05) is 30.3 Å². The second-order valence-corrected chi connectivity index (χ2v) is 9.69. The summed E-state index contributed by atoms with van der Waals surface area (Å²) in [5.74, 6) is 0.834. The lowest BCUT2D eigenvalue weighted by atomic mass is 9.99. The number of anilines is 1. The lowest BCUT2D eigenvalue weighted by molar-refractivity contribution is -0.132. The average molecular weight is 518 g/mol. The van der Waals surface area contributed by atoms with Crippen molar-refractivity contribution in [1.29, 1.82) is 5.26 Å². The Morgan fingerprint density at radius 1 is 0.949 bits per heavy atom. The van der Waals surface area contributed by atoms with Gasteiger partial charge in [-0.05, 0) is 24.6 Å². The SMILES string of the molecule is CC(C(=O)N1CCN(c2ccc(-c3nc(-c4cnn(C)c4)cn4ncc(C#N)c34)cn2)CC1)c1ccccc1. The molecule has 39 heavy (non-hydrogen) atoms. The maximum atomic E-state index is 13.1. The molecule has 1 aromatic carbocycles. The predicted octanol–water partition coefficient (Wildman–Crippen LogP) is 3.52. The van der Waals surface area contributed by atoms with E-state index in [1.165, 1.54) is 0 Å². The highest BCUT2D eigenvalue weighted by atomic mass is 16.2. The van der Waals surface area contributed by atoms with E-state index >= 15 is 0 Å². The molecular weight excluding hydrogens is 490 g/mol. The van der Waals surface area contributed by atoms with Crippen LogP contribution in [0, 0.1) is 11.3 Å². The van der Waals surface area contributed by atoms with Gasteiger partial charge in [0, 0.05) is 56.7 Å². The van der Waals surface area contributed by atoms with Gasteiger partial charge >= 0.3 is 0 Å². The summed E-state index contributed by atoms with van der Waals surface area (Å²) < 4.78 is 3.40. The first-order chi connectivity index (χ1) is 19.0. The second-order valence-electron chi connectivity index (χ2n) is 9.69. The summed E-state index contributed by atoms with van der Waals surface area (Å²) in [5, 5.41) is 18.3. The van der Waals surface area contributed by atoms with Crippen LogP contribution in [0.5, 0.6) is 0 Å². The number of hydrogen-bond acceptors (Lipinski definition) is 7. The molecule has 0 spiro atoms. The number of aryl methyl sites for hydroxylation is 1. The van der Waals surface area contributed by atoms with Crippen molar-refractivity contribution < 1.29 is 4.79 Å². The summed E-state index contributed by atoms with van der Waals surface area (Å²) in [7, 11) is 1.85. The molecule has 1 saturated heterocycles. The molecule has 1 aliphatic heterocycles. The molecule has 1 amide bonds. The van der Waals surface area contributed by atoms with Crippen molar-refractivity contribution in [1.82, 2.24) is 34.3 Å². The molecule has 10 heteroatoms. The summed E-state index contributed by atoms with van der Waals surface area (Å²) in [4.78, 5) is 26.8. The smallest absolute Gasteiger partial charge is 0.229 e. The molecule has 1 unspecified atom stereocenters. The summed E-state index contributed by atoms with van der Waals surface area (Å²) in [6, 6.07) is 16.1. The minimum absolute atomic E-state index is 0.154. The molecule has 1 atom stereocenters. The predicted molar refractivity (Wildman–Crippen MR) is 147 cm³/mol. The minimum Gasteiger partial charge on any atom is -0.353 e. The Kier molecular flexibility index (Phi) is 6.25. The van der Waals surface area contributed by atoms with E-state index in [9.17, 15) is 10.1 Å². The lowest BCUT2D eigenvalue weighted by Gasteiger charge is -2.36. The fraction of sp³-hybridized carbons (Fsp3) is 0.241. The van der Waals surface area contributed by atoms with Crippen molar-refractivity contribution in [3.05, 3.63) is 84.6 Å². The number of nitrogens with zero attached hydrogens (tertiary/aromatic N) is 9. The van der Waals surface area contributed by atoms with E-state index in [2.05, 4.69) is 21.2 Å². The minimum atomic E-state index is -0.163. The van der Waals surface area contributed by atoms with Crippen LogP contribution in [0.4, 0.5) is 5.82 Å². The standard InChI is InChI=1S/C29H27N9O/c1-20(21-6-4-3-5-7-21)29(39)37-12-10-36(11-13-37)26-9-8-22(15-31-26)27-28-23(14-30)16-33-38(28)19-25(34-27)24-17-32-35(2)18-24/h3-9,15-20H,10-13H2,1-2H3. The quantitative estimate of drug-likeness (QED) is 0.351. The third-order valence-corrected chi connectivity index (χ3v) is 7.22. The van der Waals surface area contributed by atoms with Crippen LogP contribution in [-0.4, -0.2) is 66.3 Å². The maximum Gasteiger partial charge on any atom is 0.229 e. The highest BCUT2D eigenvalue weighted by Gasteiger charge is 2.26. The topological polar surface area (TPSA) is 108 Å². The Morgan fingerprint density at radius 3 is 2.41 bits per heavy atom. The number of carbonyl (C=O) groups is 1. The van der Waals surface area contributed by atoms with Crippen LogP contribution >= 0.6 is 0 Å². The van der Waals surface area contributed by atoms with Gasteiger partial charge in [0.05, 0.1) is 35.9 Å². The van der Waals surface area contributed by atoms with Crippen molar-refractivity contribution in [3.63, 3.8) is 0 Å². The molecule has 5 aromatic rings. The molecule has 4 aromatic heterocycles. The van der Waals surface area contributed by atoms with E-state index in [1.807, 2.05) is 67.5 Å². The fourth-order valence-corrected chi connectivity index (χ4v) is 5.02. The van der Waals surface area contributed by atoms with Crippen molar-refractivity contribution in [3.8, 4) is 28.6 Å². The molecule has 0 N–H and O–H groups in total. The van der Waals surface area contributed by atoms with E-state index < -0.39 is 0 Å². The zero-order valence-electron chi connectivity index (χ0n) is 21.8. The van der Waals surface area contributed by atoms with E-state index in [-0.39, 0.29) is 11.8 Å². The number of piperazine rings is 1. The van der Waals surface area contributed by atoms with Gasteiger partial charge in [-0.2, -0.15) is 15.5 Å². The van der Waals surface area contributed by atoms with Gasteiger partial charge in [-0.15, -0.1) is 0 Å². The van der Waals surface area contributed by atoms with Gasteiger partial charge in [0.2, 0.25) is 5.91 Å². The van der Waals surface area contributed by atoms with Gasteiger partial charge in [-0.25, -0.2) is 14.5 Å². The molecule has 6 rings (SSSR count). The van der Waals surface area contributed by atoms with E-state index in [0.29, 0.717) is 48.6 Å². The second kappa shape index (κ2) is 10.0. The van der Waals surface area contributed by atoms with Gasteiger partial charge in [-0.3, -0.25) is 9.48 Å². The first-order valence-electron chi connectivity index (χ1n) is 12.8. The number of rotatable bonds is 5. The normalized spacial score (nSPS) is 14.4. The number of pyridine rings is 1. The third-order valence-electron chi connectivity index (χ3n) is 7.22. The van der Waals surface area contributed by atoms with Crippen LogP contribution in [0.1, 0.15) is 24.0 Å². The monoisotopic (exact) mass is 517 g/mol. The molecule has 0 bridgehead atoms. The summed E-state index contributed by atoms with van der Waals surface area (Å²) in [5.41, 5.74) is 5.10. The molecule has 10 nitrogen and oxygen atoms in total. The number of carbonyl (C=O) groups excluding carboxylic acids is 1. The molecule has 5 heterocycles. The van der Waals surface area contributed by atoms with Crippen molar-refractivity contribution in [2.75, 3.05) is 31.1 Å². The van der Waals surface area contributed by atoms with Gasteiger partial charge in [0.1, 0.15) is 23.0 Å². The van der Waals surface area contributed by atoms with Gasteiger partial charge in [0.25, 0.3) is 0 Å². The lowest BCUT2D eigenvalue weighted by Crippen LogP contribution is -2.50. The van der Waals surface area contributed by atoms with Crippen molar-refractivity contribution in [2.24, 2.45) is 7.05 Å². The first kappa shape index (κ1) is 24.3. The molecule has 0 saturated carbocycles.